The second-order valence-electron chi connectivity index (χ2n) is 6.16. The number of hydrogen-bond donors (Lipinski definition) is 2. The van der Waals surface area contributed by atoms with Crippen LogP contribution in [0, 0.1) is 0 Å². The monoisotopic (exact) mass is 272 g/mol. The molecule has 1 aromatic rings. The normalized spacial score (nSPS) is 14.7. The van der Waals surface area contributed by atoms with Gasteiger partial charge < -0.3 is 10.6 Å². The maximum atomic E-state index is 12.2. The first kappa shape index (κ1) is 14.8. The van der Waals surface area contributed by atoms with Crippen LogP contribution in [0.5, 0.6) is 0 Å². The quantitative estimate of drug-likeness (QED) is 0.808. The molecular formula is C17H24N2O. The Hall–Kier alpha value is -1.61. The minimum Gasteiger partial charge on any atom is -0.347 e. The zero-order chi connectivity index (χ0) is 14.6. The molecule has 2 rings (SSSR count). The molecule has 1 aliphatic heterocycles. The number of carbonyl (C=O) groups is 1. The lowest BCUT2D eigenvalue weighted by molar-refractivity contribution is -0.119. The molecule has 0 unspecified atom stereocenters. The Bertz CT molecular complexity index is 497. The van der Waals surface area contributed by atoms with Gasteiger partial charge in [-0.2, -0.15) is 0 Å². The van der Waals surface area contributed by atoms with Crippen molar-refractivity contribution in [2.45, 2.75) is 39.2 Å². The second kappa shape index (κ2) is 6.23. The van der Waals surface area contributed by atoms with Crippen LogP contribution in [-0.2, 0) is 11.2 Å². The number of rotatable bonds is 5. The summed E-state index contributed by atoms with van der Waals surface area (Å²) >= 11 is 0. The van der Waals surface area contributed by atoms with E-state index < -0.39 is 0 Å². The van der Waals surface area contributed by atoms with Crippen LogP contribution in [0.1, 0.15) is 32.8 Å². The molecule has 0 aromatic heterocycles. The van der Waals surface area contributed by atoms with E-state index in [1.54, 1.807) is 0 Å². The van der Waals surface area contributed by atoms with Gasteiger partial charge in [0.15, 0.2) is 0 Å². The Morgan fingerprint density at radius 1 is 1.25 bits per heavy atom. The first-order valence-electron chi connectivity index (χ1n) is 7.24. The Morgan fingerprint density at radius 2 is 1.90 bits per heavy atom. The molecule has 1 fully saturated rings. The van der Waals surface area contributed by atoms with Crippen LogP contribution in [-0.4, -0.2) is 24.5 Å². The molecule has 0 bridgehead atoms. The van der Waals surface area contributed by atoms with Crippen molar-refractivity contribution in [3.8, 4) is 0 Å². The first-order chi connectivity index (χ1) is 9.48. The highest BCUT2D eigenvalue weighted by molar-refractivity contribution is 5.94. The van der Waals surface area contributed by atoms with Gasteiger partial charge >= 0.3 is 0 Å². The van der Waals surface area contributed by atoms with Gasteiger partial charge in [-0.1, -0.05) is 30.3 Å². The molecule has 2 N–H and O–H groups in total. The molecule has 1 aliphatic rings. The zero-order valence-corrected chi connectivity index (χ0v) is 12.6. The summed E-state index contributed by atoms with van der Waals surface area (Å²) in [6, 6.07) is 10.4. The highest BCUT2D eigenvalue weighted by Crippen LogP contribution is 2.16. The minimum atomic E-state index is -0.189. The summed E-state index contributed by atoms with van der Waals surface area (Å²) in [6.45, 7) is 7.79. The molecule has 1 amide bonds. The Labute approximate surface area is 121 Å². The van der Waals surface area contributed by atoms with Gasteiger partial charge in [0.05, 0.1) is 0 Å². The van der Waals surface area contributed by atoms with E-state index in [9.17, 15) is 4.79 Å². The van der Waals surface area contributed by atoms with Crippen LogP contribution in [0.2, 0.25) is 0 Å². The average molecular weight is 272 g/mol. The smallest absolute Gasteiger partial charge is 0.247 e. The molecule has 0 aliphatic carbocycles. The fraction of sp³-hybridized carbons (Fsp3) is 0.471. The third-order valence-electron chi connectivity index (χ3n) is 3.88. The van der Waals surface area contributed by atoms with E-state index in [0.717, 1.165) is 31.5 Å². The predicted octanol–water partition coefficient (Wildman–Crippen LogP) is 2.43. The fourth-order valence-electron chi connectivity index (χ4n) is 2.24. The lowest BCUT2D eigenvalue weighted by atomic mass is 9.94. The molecule has 3 nitrogen and oxygen atoms in total. The Morgan fingerprint density at radius 3 is 2.45 bits per heavy atom. The topological polar surface area (TPSA) is 41.1 Å². The van der Waals surface area contributed by atoms with Crippen LogP contribution in [0.4, 0.5) is 0 Å². The molecule has 0 saturated carbocycles. The third kappa shape index (κ3) is 3.94. The summed E-state index contributed by atoms with van der Waals surface area (Å²) in [5.41, 5.74) is 3.22. The molecule has 3 heteroatoms. The van der Waals surface area contributed by atoms with Crippen molar-refractivity contribution in [1.82, 2.24) is 10.6 Å². The number of amides is 1. The summed E-state index contributed by atoms with van der Waals surface area (Å²) in [5.74, 6) is 0.0690. The van der Waals surface area contributed by atoms with Crippen LogP contribution < -0.4 is 10.6 Å². The van der Waals surface area contributed by atoms with Crippen LogP contribution in [0.15, 0.2) is 41.5 Å². The summed E-state index contributed by atoms with van der Waals surface area (Å²) in [7, 11) is 0. The molecular weight excluding hydrogens is 248 g/mol. The van der Waals surface area contributed by atoms with Gasteiger partial charge in [0.1, 0.15) is 0 Å². The SMILES string of the molecule is CC(C(=O)NC(C)(C)CCc1ccccc1)=C1CNC1. The molecule has 20 heavy (non-hydrogen) atoms. The number of nitrogens with one attached hydrogen (secondary N) is 2. The minimum absolute atomic E-state index is 0.0690. The van der Waals surface area contributed by atoms with E-state index in [4.69, 9.17) is 0 Å². The van der Waals surface area contributed by atoms with Gasteiger partial charge in [-0.3, -0.25) is 4.79 Å². The fourth-order valence-corrected chi connectivity index (χ4v) is 2.24. The molecule has 0 spiro atoms. The van der Waals surface area contributed by atoms with E-state index in [1.807, 2.05) is 13.0 Å². The molecule has 1 aromatic carbocycles. The second-order valence-corrected chi connectivity index (χ2v) is 6.16. The summed E-state index contributed by atoms with van der Waals surface area (Å²) in [5, 5.41) is 6.32. The van der Waals surface area contributed by atoms with Crippen LogP contribution >= 0.6 is 0 Å². The standard InChI is InChI=1S/C17H24N2O/c1-13(15-11-18-12-15)16(20)19-17(2,3)10-9-14-7-5-4-6-8-14/h4-8,18H,9-12H2,1-3H3,(H,19,20). The largest absolute Gasteiger partial charge is 0.347 e. The van der Waals surface area contributed by atoms with Gasteiger partial charge in [-0.05, 0) is 44.7 Å². The van der Waals surface area contributed by atoms with E-state index in [1.165, 1.54) is 11.1 Å². The Kier molecular flexibility index (Phi) is 4.61. The molecule has 1 saturated heterocycles. The zero-order valence-electron chi connectivity index (χ0n) is 12.6. The lowest BCUT2D eigenvalue weighted by Gasteiger charge is -2.28. The van der Waals surface area contributed by atoms with Crippen molar-refractivity contribution in [2.24, 2.45) is 0 Å². The lowest BCUT2D eigenvalue weighted by Crippen LogP contribution is -2.45. The number of carbonyl (C=O) groups excluding carboxylic acids is 1. The predicted molar refractivity (Wildman–Crippen MR) is 82.6 cm³/mol. The first-order valence-corrected chi connectivity index (χ1v) is 7.24. The van der Waals surface area contributed by atoms with Crippen molar-refractivity contribution in [3.63, 3.8) is 0 Å². The molecule has 0 radical (unpaired) electrons. The maximum Gasteiger partial charge on any atom is 0.247 e. The van der Waals surface area contributed by atoms with Crippen molar-refractivity contribution in [2.75, 3.05) is 13.1 Å². The van der Waals surface area contributed by atoms with Crippen LogP contribution in [0.25, 0.3) is 0 Å². The summed E-state index contributed by atoms with van der Waals surface area (Å²) < 4.78 is 0. The third-order valence-corrected chi connectivity index (χ3v) is 3.88. The Balaban J connectivity index is 1.88. The van der Waals surface area contributed by atoms with Gasteiger partial charge in [-0.25, -0.2) is 0 Å². The van der Waals surface area contributed by atoms with Crippen molar-refractivity contribution >= 4 is 5.91 Å². The highest BCUT2D eigenvalue weighted by atomic mass is 16.1. The van der Waals surface area contributed by atoms with E-state index in [2.05, 4.69) is 48.7 Å². The van der Waals surface area contributed by atoms with Gasteiger partial charge in [0, 0.05) is 24.2 Å². The number of hydrogen-bond acceptors (Lipinski definition) is 2. The molecule has 1 heterocycles. The van der Waals surface area contributed by atoms with Crippen LogP contribution in [0.3, 0.4) is 0 Å². The maximum absolute atomic E-state index is 12.2. The van der Waals surface area contributed by atoms with Gasteiger partial charge in [-0.15, -0.1) is 0 Å². The highest BCUT2D eigenvalue weighted by Gasteiger charge is 2.23. The van der Waals surface area contributed by atoms with Gasteiger partial charge in [0.25, 0.3) is 0 Å². The van der Waals surface area contributed by atoms with Gasteiger partial charge in [0.2, 0.25) is 5.91 Å². The van der Waals surface area contributed by atoms with E-state index in [0.29, 0.717) is 0 Å². The average Bonchev–Trinajstić information content (AvgIpc) is 2.35. The number of aryl methyl sites for hydroxylation is 1. The molecule has 108 valence electrons. The van der Waals surface area contributed by atoms with Crippen molar-refractivity contribution in [1.29, 1.82) is 0 Å². The van der Waals surface area contributed by atoms with E-state index in [-0.39, 0.29) is 11.4 Å². The van der Waals surface area contributed by atoms with Crippen molar-refractivity contribution < 1.29 is 4.79 Å². The van der Waals surface area contributed by atoms with Crippen molar-refractivity contribution in [3.05, 3.63) is 47.0 Å². The van der Waals surface area contributed by atoms with E-state index >= 15 is 0 Å². The summed E-state index contributed by atoms with van der Waals surface area (Å²) in [4.78, 5) is 12.2. The number of benzene rings is 1. The molecule has 0 atom stereocenters. The summed E-state index contributed by atoms with van der Waals surface area (Å²) in [6.07, 6.45) is 1.91.